The first kappa shape index (κ1) is 17.6. The van der Waals surface area contributed by atoms with E-state index in [4.69, 9.17) is 21.3 Å². The fraction of sp³-hybridized carbons (Fsp3) is 0.632. The molecule has 1 aliphatic heterocycles. The van der Waals surface area contributed by atoms with E-state index in [-0.39, 0.29) is 5.41 Å². The molecule has 3 atom stereocenters. The number of nitrogens with zero attached hydrogens (tertiary/aromatic N) is 1. The van der Waals surface area contributed by atoms with Crippen molar-refractivity contribution in [1.29, 1.82) is 0 Å². The summed E-state index contributed by atoms with van der Waals surface area (Å²) in [7, 11) is 0. The van der Waals surface area contributed by atoms with E-state index in [0.717, 1.165) is 49.1 Å². The van der Waals surface area contributed by atoms with Crippen LogP contribution in [0.1, 0.15) is 32.8 Å². The largest absolute Gasteiger partial charge is 0.377 e. The van der Waals surface area contributed by atoms with Gasteiger partial charge in [0.05, 0.1) is 6.10 Å². The highest BCUT2D eigenvalue weighted by atomic mass is 35.5. The molecule has 1 heterocycles. The summed E-state index contributed by atoms with van der Waals surface area (Å²) >= 11 is 6.22. The van der Waals surface area contributed by atoms with Crippen LogP contribution in [0.2, 0.25) is 5.02 Å². The third-order valence-corrected chi connectivity index (χ3v) is 5.71. The Balaban J connectivity index is 1.61. The van der Waals surface area contributed by atoms with Gasteiger partial charge in [0.15, 0.2) is 5.96 Å². The summed E-state index contributed by atoms with van der Waals surface area (Å²) in [4.78, 5) is 4.75. The van der Waals surface area contributed by atoms with Crippen molar-refractivity contribution in [3.63, 3.8) is 0 Å². The van der Waals surface area contributed by atoms with Gasteiger partial charge in [0, 0.05) is 42.1 Å². The Morgan fingerprint density at radius 1 is 1.38 bits per heavy atom. The fourth-order valence-electron chi connectivity index (χ4n) is 4.07. The van der Waals surface area contributed by atoms with Crippen LogP contribution in [0, 0.1) is 11.3 Å². The highest BCUT2D eigenvalue weighted by Gasteiger charge is 2.59. The zero-order valence-electron chi connectivity index (χ0n) is 14.8. The van der Waals surface area contributed by atoms with Crippen LogP contribution in [0.25, 0.3) is 0 Å². The molecule has 1 aromatic rings. The lowest BCUT2D eigenvalue weighted by atomic mass is 9.57. The molecule has 132 valence electrons. The number of aliphatic imine (C=N–C) groups is 1. The molecule has 0 amide bonds. The summed E-state index contributed by atoms with van der Waals surface area (Å²) < 4.78 is 5.88. The van der Waals surface area contributed by atoms with Crippen LogP contribution in [-0.4, -0.2) is 37.8 Å². The molecule has 1 saturated carbocycles. The SMILES string of the molecule is CCNC(=NCCc1ccccc1Cl)NC1C2CCOC2C1(C)C. The third-order valence-electron chi connectivity index (χ3n) is 5.35. The summed E-state index contributed by atoms with van der Waals surface area (Å²) in [5, 5.41) is 7.82. The van der Waals surface area contributed by atoms with E-state index in [1.807, 2.05) is 18.2 Å². The number of ether oxygens (including phenoxy) is 1. The van der Waals surface area contributed by atoms with Crippen LogP contribution in [0.15, 0.2) is 29.3 Å². The lowest BCUT2D eigenvalue weighted by molar-refractivity contribution is -0.106. The number of benzene rings is 1. The first-order valence-corrected chi connectivity index (χ1v) is 9.31. The first-order valence-electron chi connectivity index (χ1n) is 8.94. The summed E-state index contributed by atoms with van der Waals surface area (Å²) in [6, 6.07) is 8.39. The molecule has 0 bridgehead atoms. The molecular formula is C19H28ClN3O. The van der Waals surface area contributed by atoms with Crippen molar-refractivity contribution in [1.82, 2.24) is 10.6 Å². The van der Waals surface area contributed by atoms with Gasteiger partial charge >= 0.3 is 0 Å². The maximum absolute atomic E-state index is 6.22. The zero-order chi connectivity index (χ0) is 17.2. The molecule has 3 unspecified atom stereocenters. The van der Waals surface area contributed by atoms with E-state index in [0.29, 0.717) is 18.1 Å². The van der Waals surface area contributed by atoms with Gasteiger partial charge in [0.25, 0.3) is 0 Å². The van der Waals surface area contributed by atoms with Crippen molar-refractivity contribution in [3.05, 3.63) is 34.9 Å². The van der Waals surface area contributed by atoms with E-state index in [9.17, 15) is 0 Å². The Morgan fingerprint density at radius 3 is 2.92 bits per heavy atom. The predicted molar refractivity (Wildman–Crippen MR) is 99.7 cm³/mol. The Hall–Kier alpha value is -1.26. The summed E-state index contributed by atoms with van der Waals surface area (Å²) in [6.07, 6.45) is 2.38. The lowest BCUT2D eigenvalue weighted by Crippen LogP contribution is -2.68. The maximum atomic E-state index is 6.22. The predicted octanol–water partition coefficient (Wildman–Crippen LogP) is 3.25. The highest BCUT2D eigenvalue weighted by Crippen LogP contribution is 2.52. The van der Waals surface area contributed by atoms with E-state index in [1.54, 1.807) is 0 Å². The molecule has 0 radical (unpaired) electrons. The molecule has 2 N–H and O–H groups in total. The fourth-order valence-corrected chi connectivity index (χ4v) is 4.30. The van der Waals surface area contributed by atoms with Crippen LogP contribution in [0.4, 0.5) is 0 Å². The van der Waals surface area contributed by atoms with Gasteiger partial charge in [0.1, 0.15) is 0 Å². The molecular weight excluding hydrogens is 322 g/mol. The van der Waals surface area contributed by atoms with Gasteiger partial charge < -0.3 is 15.4 Å². The number of halogens is 1. The van der Waals surface area contributed by atoms with Crippen molar-refractivity contribution < 1.29 is 4.74 Å². The molecule has 2 fully saturated rings. The van der Waals surface area contributed by atoms with Crippen LogP contribution >= 0.6 is 11.6 Å². The van der Waals surface area contributed by atoms with Gasteiger partial charge in [-0.15, -0.1) is 0 Å². The average Bonchev–Trinajstić information content (AvgIpc) is 3.01. The summed E-state index contributed by atoms with van der Waals surface area (Å²) in [6.45, 7) is 9.12. The van der Waals surface area contributed by atoms with Crippen LogP contribution < -0.4 is 10.6 Å². The molecule has 1 aromatic carbocycles. The van der Waals surface area contributed by atoms with Crippen LogP contribution in [-0.2, 0) is 11.2 Å². The average molecular weight is 350 g/mol. The number of rotatable bonds is 5. The second-order valence-corrected chi connectivity index (χ2v) is 7.70. The van der Waals surface area contributed by atoms with Crippen molar-refractivity contribution in [2.24, 2.45) is 16.3 Å². The van der Waals surface area contributed by atoms with Crippen LogP contribution in [0.5, 0.6) is 0 Å². The van der Waals surface area contributed by atoms with Gasteiger partial charge in [-0.1, -0.05) is 43.6 Å². The minimum absolute atomic E-state index is 0.153. The van der Waals surface area contributed by atoms with E-state index in [1.165, 1.54) is 0 Å². The second kappa shape index (κ2) is 7.32. The quantitative estimate of drug-likeness (QED) is 0.633. The number of nitrogens with one attached hydrogen (secondary N) is 2. The van der Waals surface area contributed by atoms with Gasteiger partial charge in [-0.05, 0) is 31.4 Å². The van der Waals surface area contributed by atoms with Crippen molar-refractivity contribution >= 4 is 17.6 Å². The van der Waals surface area contributed by atoms with E-state index in [2.05, 4.69) is 37.5 Å². The molecule has 1 aliphatic carbocycles. The Kier molecular flexibility index (Phi) is 5.36. The number of guanidine groups is 1. The number of hydrogen-bond acceptors (Lipinski definition) is 2. The topological polar surface area (TPSA) is 45.7 Å². The van der Waals surface area contributed by atoms with E-state index < -0.39 is 0 Å². The molecule has 2 aliphatic rings. The van der Waals surface area contributed by atoms with Crippen molar-refractivity contribution in [2.75, 3.05) is 19.7 Å². The molecule has 3 rings (SSSR count). The standard InChI is InChI=1S/C19H28ClN3O/c1-4-21-18(22-11-9-13-7-5-6-8-15(13)20)23-16-14-10-12-24-17(14)19(16,2)3/h5-8,14,16-17H,4,9-12H2,1-3H3,(H2,21,22,23). The summed E-state index contributed by atoms with van der Waals surface area (Å²) in [5.41, 5.74) is 1.30. The number of fused-ring (bicyclic) bond motifs is 1. The molecule has 0 spiro atoms. The van der Waals surface area contributed by atoms with E-state index >= 15 is 0 Å². The Bertz CT molecular complexity index is 602. The monoisotopic (exact) mass is 349 g/mol. The molecule has 4 nitrogen and oxygen atoms in total. The smallest absolute Gasteiger partial charge is 0.191 e. The molecule has 0 aromatic heterocycles. The first-order chi connectivity index (χ1) is 11.5. The third kappa shape index (κ3) is 3.40. The van der Waals surface area contributed by atoms with Gasteiger partial charge in [0.2, 0.25) is 0 Å². The van der Waals surface area contributed by atoms with Crippen molar-refractivity contribution in [2.45, 2.75) is 45.8 Å². The molecule has 5 heteroatoms. The van der Waals surface area contributed by atoms with Gasteiger partial charge in [-0.2, -0.15) is 0 Å². The number of hydrogen-bond donors (Lipinski definition) is 2. The van der Waals surface area contributed by atoms with Gasteiger partial charge in [-0.25, -0.2) is 0 Å². The minimum Gasteiger partial charge on any atom is -0.377 e. The van der Waals surface area contributed by atoms with Gasteiger partial charge in [-0.3, -0.25) is 4.99 Å². The highest BCUT2D eigenvalue weighted by molar-refractivity contribution is 6.31. The maximum Gasteiger partial charge on any atom is 0.191 e. The van der Waals surface area contributed by atoms with Crippen LogP contribution in [0.3, 0.4) is 0 Å². The molecule has 24 heavy (non-hydrogen) atoms. The normalized spacial score (nSPS) is 28.2. The Labute approximate surface area is 150 Å². The lowest BCUT2D eigenvalue weighted by Gasteiger charge is -2.54. The second-order valence-electron chi connectivity index (χ2n) is 7.29. The zero-order valence-corrected chi connectivity index (χ0v) is 15.6. The minimum atomic E-state index is 0.153. The Morgan fingerprint density at radius 2 is 2.17 bits per heavy atom. The molecule has 1 saturated heterocycles. The summed E-state index contributed by atoms with van der Waals surface area (Å²) in [5.74, 6) is 1.50. The van der Waals surface area contributed by atoms with Crippen molar-refractivity contribution in [3.8, 4) is 0 Å².